The van der Waals surface area contributed by atoms with Crippen LogP contribution in [0.25, 0.3) is 0 Å². The number of nitrogens with one attached hydrogen (secondary N) is 1. The van der Waals surface area contributed by atoms with Crippen molar-refractivity contribution in [3.8, 4) is 0 Å². The van der Waals surface area contributed by atoms with Gasteiger partial charge in [0.15, 0.2) is 0 Å². The summed E-state index contributed by atoms with van der Waals surface area (Å²) in [4.78, 5) is 0. The summed E-state index contributed by atoms with van der Waals surface area (Å²) in [6.07, 6.45) is 0. The van der Waals surface area contributed by atoms with Crippen LogP contribution in [-0.2, 0) is 0 Å². The fraction of sp³-hybridized carbons (Fsp3) is 1.00. The van der Waals surface area contributed by atoms with Gasteiger partial charge in [0.2, 0.25) is 0 Å². The monoisotopic (exact) mass is 171 g/mol. The van der Waals surface area contributed by atoms with E-state index in [-0.39, 0.29) is 0 Å². The third-order valence-electron chi connectivity index (χ3n) is 3.40. The number of rotatable bonds is 1. The molecule has 72 valence electrons. The average molecular weight is 171 g/mol. The largest absolute Gasteiger partial charge is 0.389 e. The molecule has 0 radical (unpaired) electrons. The molecule has 2 nitrogen and oxygen atoms in total. The summed E-state index contributed by atoms with van der Waals surface area (Å²) in [6.45, 7) is 10.4. The first kappa shape index (κ1) is 10.0. The summed E-state index contributed by atoms with van der Waals surface area (Å²) >= 11 is 0. The maximum atomic E-state index is 10.4. The Bertz CT molecular complexity index is 146. The number of hydrogen-bond donors (Lipinski definition) is 2. The van der Waals surface area contributed by atoms with Gasteiger partial charge in [-0.3, -0.25) is 0 Å². The minimum atomic E-state index is -0.467. The first-order valence-corrected chi connectivity index (χ1v) is 4.92. The van der Waals surface area contributed by atoms with Gasteiger partial charge in [-0.25, -0.2) is 0 Å². The second kappa shape index (κ2) is 3.35. The van der Waals surface area contributed by atoms with Crippen LogP contribution in [-0.4, -0.2) is 23.8 Å². The molecule has 2 heteroatoms. The molecule has 1 fully saturated rings. The Morgan fingerprint density at radius 2 is 1.67 bits per heavy atom. The first-order valence-electron chi connectivity index (χ1n) is 4.92. The van der Waals surface area contributed by atoms with Crippen molar-refractivity contribution < 1.29 is 5.11 Å². The lowest BCUT2D eigenvalue weighted by molar-refractivity contribution is -0.109. The van der Waals surface area contributed by atoms with Gasteiger partial charge in [0.05, 0.1) is 5.60 Å². The van der Waals surface area contributed by atoms with E-state index in [0.29, 0.717) is 17.8 Å². The zero-order valence-electron chi connectivity index (χ0n) is 8.59. The Balaban J connectivity index is 2.80. The lowest BCUT2D eigenvalue weighted by Gasteiger charge is -2.46. The second-order valence-electron chi connectivity index (χ2n) is 4.50. The quantitative estimate of drug-likeness (QED) is 0.622. The molecule has 0 bridgehead atoms. The highest BCUT2D eigenvalue weighted by Crippen LogP contribution is 2.35. The van der Waals surface area contributed by atoms with E-state index in [4.69, 9.17) is 0 Å². The van der Waals surface area contributed by atoms with Crippen LogP contribution in [0, 0.1) is 17.8 Å². The Morgan fingerprint density at radius 3 is 1.92 bits per heavy atom. The van der Waals surface area contributed by atoms with E-state index < -0.39 is 5.60 Å². The molecule has 1 rings (SSSR count). The van der Waals surface area contributed by atoms with Gasteiger partial charge in [0.1, 0.15) is 0 Å². The topological polar surface area (TPSA) is 32.3 Å². The van der Waals surface area contributed by atoms with Crippen LogP contribution in [0.3, 0.4) is 0 Å². The summed E-state index contributed by atoms with van der Waals surface area (Å²) in [7, 11) is 0. The van der Waals surface area contributed by atoms with Crippen molar-refractivity contribution in [3.63, 3.8) is 0 Å². The van der Waals surface area contributed by atoms with Crippen molar-refractivity contribution in [1.29, 1.82) is 0 Å². The Labute approximate surface area is 75.4 Å². The van der Waals surface area contributed by atoms with Crippen LogP contribution in [0.5, 0.6) is 0 Å². The van der Waals surface area contributed by atoms with E-state index >= 15 is 0 Å². The second-order valence-corrected chi connectivity index (χ2v) is 4.50. The van der Waals surface area contributed by atoms with Crippen molar-refractivity contribution in [2.45, 2.75) is 33.3 Å². The molecule has 0 saturated carbocycles. The highest BCUT2D eigenvalue weighted by atomic mass is 16.3. The minimum absolute atomic E-state index is 0.351. The predicted octanol–water partition coefficient (Wildman–Crippen LogP) is 1.25. The van der Waals surface area contributed by atoms with Crippen LogP contribution in [0.2, 0.25) is 0 Å². The SMILES string of the molecule is CC(C)[C@]1(O)[C@H](C)CNC[C@@H]1C. The molecule has 1 saturated heterocycles. The Hall–Kier alpha value is -0.0800. The minimum Gasteiger partial charge on any atom is -0.389 e. The van der Waals surface area contributed by atoms with Crippen molar-refractivity contribution in [1.82, 2.24) is 5.32 Å². The summed E-state index contributed by atoms with van der Waals surface area (Å²) in [6, 6.07) is 0. The predicted molar refractivity (Wildman–Crippen MR) is 51.0 cm³/mol. The van der Waals surface area contributed by atoms with Gasteiger partial charge in [-0.05, 0) is 17.8 Å². The molecule has 2 N–H and O–H groups in total. The number of piperidine rings is 1. The Kier molecular flexibility index (Phi) is 2.79. The molecule has 0 unspecified atom stereocenters. The third kappa shape index (κ3) is 1.38. The van der Waals surface area contributed by atoms with E-state index in [1.807, 2.05) is 0 Å². The smallest absolute Gasteiger partial charge is 0.0745 e. The zero-order chi connectivity index (χ0) is 9.35. The van der Waals surface area contributed by atoms with E-state index in [1.165, 1.54) is 0 Å². The first-order chi connectivity index (χ1) is 5.49. The summed E-state index contributed by atoms with van der Waals surface area (Å²) < 4.78 is 0. The molecule has 0 aromatic rings. The molecule has 0 aromatic heterocycles. The fourth-order valence-corrected chi connectivity index (χ4v) is 2.47. The van der Waals surface area contributed by atoms with Crippen molar-refractivity contribution >= 4 is 0 Å². The molecule has 1 aliphatic rings. The standard InChI is InChI=1S/C10H21NO/c1-7(2)10(12)8(3)5-11-6-9(10)4/h7-9,11-12H,5-6H2,1-4H3/t8-,9+,10+. The third-order valence-corrected chi connectivity index (χ3v) is 3.40. The van der Waals surface area contributed by atoms with Crippen LogP contribution in [0.1, 0.15) is 27.7 Å². The van der Waals surface area contributed by atoms with Gasteiger partial charge >= 0.3 is 0 Å². The molecule has 3 atom stereocenters. The lowest BCUT2D eigenvalue weighted by Crippen LogP contribution is -2.57. The molecular formula is C10H21NO. The molecule has 0 aliphatic carbocycles. The lowest BCUT2D eigenvalue weighted by atomic mass is 9.69. The number of hydrogen-bond acceptors (Lipinski definition) is 2. The maximum Gasteiger partial charge on any atom is 0.0745 e. The van der Waals surface area contributed by atoms with Gasteiger partial charge in [0.25, 0.3) is 0 Å². The molecule has 0 amide bonds. The van der Waals surface area contributed by atoms with Crippen molar-refractivity contribution in [2.75, 3.05) is 13.1 Å². The maximum absolute atomic E-state index is 10.4. The highest BCUT2D eigenvalue weighted by Gasteiger charge is 2.43. The van der Waals surface area contributed by atoms with E-state index in [0.717, 1.165) is 13.1 Å². The van der Waals surface area contributed by atoms with Crippen molar-refractivity contribution in [2.24, 2.45) is 17.8 Å². The van der Waals surface area contributed by atoms with E-state index in [1.54, 1.807) is 0 Å². The average Bonchev–Trinajstić information content (AvgIpc) is 1.99. The van der Waals surface area contributed by atoms with E-state index in [9.17, 15) is 5.11 Å². The summed E-state index contributed by atoms with van der Waals surface area (Å²) in [5.41, 5.74) is -0.467. The molecule has 12 heavy (non-hydrogen) atoms. The van der Waals surface area contributed by atoms with Gasteiger partial charge in [0, 0.05) is 13.1 Å². The fourth-order valence-electron chi connectivity index (χ4n) is 2.47. The van der Waals surface area contributed by atoms with E-state index in [2.05, 4.69) is 33.0 Å². The summed E-state index contributed by atoms with van der Waals surface area (Å²) in [5, 5.41) is 13.8. The molecule has 0 spiro atoms. The Morgan fingerprint density at radius 1 is 1.25 bits per heavy atom. The molecular weight excluding hydrogens is 150 g/mol. The normalized spacial score (nSPS) is 43.5. The zero-order valence-corrected chi connectivity index (χ0v) is 8.59. The van der Waals surface area contributed by atoms with Gasteiger partial charge in [-0.1, -0.05) is 27.7 Å². The highest BCUT2D eigenvalue weighted by molar-refractivity contribution is 4.96. The summed E-state index contributed by atoms with van der Waals surface area (Å²) in [5.74, 6) is 1.08. The number of aliphatic hydroxyl groups is 1. The van der Waals surface area contributed by atoms with Gasteiger partial charge in [-0.15, -0.1) is 0 Å². The van der Waals surface area contributed by atoms with Crippen LogP contribution in [0.15, 0.2) is 0 Å². The van der Waals surface area contributed by atoms with Crippen LogP contribution >= 0.6 is 0 Å². The van der Waals surface area contributed by atoms with Gasteiger partial charge < -0.3 is 10.4 Å². The molecule has 0 aromatic carbocycles. The van der Waals surface area contributed by atoms with Crippen molar-refractivity contribution in [3.05, 3.63) is 0 Å². The molecule has 1 aliphatic heterocycles. The van der Waals surface area contributed by atoms with Crippen LogP contribution in [0.4, 0.5) is 0 Å². The van der Waals surface area contributed by atoms with Crippen LogP contribution < -0.4 is 5.32 Å². The molecule has 1 heterocycles. The van der Waals surface area contributed by atoms with Gasteiger partial charge in [-0.2, -0.15) is 0 Å².